The molecule has 0 spiro atoms. The topological polar surface area (TPSA) is 74.7 Å². The molecule has 1 atom stereocenters. The standard InChI is InChI=1S/C18H21NO4S/c1-14(20)12-13-19(2)24(22,23)17-11-7-6-10-16(17)18(21)15-8-4-3-5-9-15/h3-11,14,20H,12-13H2,1-2H3. The Kier molecular flexibility index (Phi) is 5.88. The SMILES string of the molecule is CC(O)CCN(C)S(=O)(=O)c1ccccc1C(=O)c1ccccc1. The van der Waals surface area contributed by atoms with Gasteiger partial charge in [0.15, 0.2) is 5.78 Å². The molecule has 2 aromatic carbocycles. The number of ketones is 1. The van der Waals surface area contributed by atoms with Gasteiger partial charge < -0.3 is 5.11 Å². The lowest BCUT2D eigenvalue weighted by atomic mass is 10.0. The van der Waals surface area contributed by atoms with E-state index in [2.05, 4.69) is 0 Å². The second kappa shape index (κ2) is 7.70. The van der Waals surface area contributed by atoms with Crippen LogP contribution in [0.15, 0.2) is 59.5 Å². The zero-order chi connectivity index (χ0) is 17.7. The van der Waals surface area contributed by atoms with Crippen LogP contribution in [0.1, 0.15) is 29.3 Å². The fourth-order valence-electron chi connectivity index (χ4n) is 2.28. The molecule has 2 rings (SSSR count). The van der Waals surface area contributed by atoms with Gasteiger partial charge in [0.25, 0.3) is 0 Å². The number of carbonyl (C=O) groups is 1. The van der Waals surface area contributed by atoms with Crippen molar-refractivity contribution < 1.29 is 18.3 Å². The van der Waals surface area contributed by atoms with E-state index in [1.165, 1.54) is 19.2 Å². The largest absolute Gasteiger partial charge is 0.393 e. The van der Waals surface area contributed by atoms with Crippen LogP contribution in [0.5, 0.6) is 0 Å². The quantitative estimate of drug-likeness (QED) is 0.780. The molecule has 0 saturated heterocycles. The molecular weight excluding hydrogens is 326 g/mol. The fourth-order valence-corrected chi connectivity index (χ4v) is 3.65. The molecule has 0 heterocycles. The summed E-state index contributed by atoms with van der Waals surface area (Å²) in [4.78, 5) is 12.7. The Morgan fingerprint density at radius 3 is 2.29 bits per heavy atom. The van der Waals surface area contributed by atoms with E-state index in [9.17, 15) is 18.3 Å². The van der Waals surface area contributed by atoms with Gasteiger partial charge in [-0.3, -0.25) is 4.79 Å². The van der Waals surface area contributed by atoms with Crippen LogP contribution in [0.4, 0.5) is 0 Å². The maximum Gasteiger partial charge on any atom is 0.243 e. The van der Waals surface area contributed by atoms with Gasteiger partial charge in [-0.05, 0) is 25.5 Å². The maximum atomic E-state index is 12.8. The van der Waals surface area contributed by atoms with E-state index < -0.39 is 16.1 Å². The predicted octanol–water partition coefficient (Wildman–Crippen LogP) is 2.31. The van der Waals surface area contributed by atoms with Crippen LogP contribution in [0.2, 0.25) is 0 Å². The number of hydrogen-bond acceptors (Lipinski definition) is 4. The van der Waals surface area contributed by atoms with Crippen LogP contribution in [-0.4, -0.2) is 43.3 Å². The summed E-state index contributed by atoms with van der Waals surface area (Å²) >= 11 is 0. The van der Waals surface area contributed by atoms with E-state index in [1.54, 1.807) is 49.4 Å². The monoisotopic (exact) mass is 347 g/mol. The first kappa shape index (κ1) is 18.3. The first-order chi connectivity index (χ1) is 11.3. The van der Waals surface area contributed by atoms with Crippen LogP contribution >= 0.6 is 0 Å². The summed E-state index contributed by atoms with van der Waals surface area (Å²) in [6.45, 7) is 1.78. The molecule has 5 nitrogen and oxygen atoms in total. The molecule has 0 aliphatic heterocycles. The van der Waals surface area contributed by atoms with Crippen LogP contribution < -0.4 is 0 Å². The molecule has 0 fully saturated rings. The minimum atomic E-state index is -3.82. The van der Waals surface area contributed by atoms with Crippen molar-refractivity contribution in [1.82, 2.24) is 4.31 Å². The summed E-state index contributed by atoms with van der Waals surface area (Å²) in [5, 5.41) is 9.35. The first-order valence-electron chi connectivity index (χ1n) is 7.67. The average Bonchev–Trinajstić information content (AvgIpc) is 2.59. The fraction of sp³-hybridized carbons (Fsp3) is 0.278. The number of nitrogens with zero attached hydrogens (tertiary/aromatic N) is 1. The molecule has 1 N–H and O–H groups in total. The van der Waals surface area contributed by atoms with Crippen molar-refractivity contribution in [3.05, 3.63) is 65.7 Å². The van der Waals surface area contributed by atoms with Crippen molar-refractivity contribution >= 4 is 15.8 Å². The van der Waals surface area contributed by atoms with Gasteiger partial charge in [0, 0.05) is 24.7 Å². The van der Waals surface area contributed by atoms with Gasteiger partial charge in [0.05, 0.1) is 11.0 Å². The molecule has 0 aromatic heterocycles. The predicted molar refractivity (Wildman–Crippen MR) is 92.4 cm³/mol. The van der Waals surface area contributed by atoms with E-state index in [4.69, 9.17) is 0 Å². The highest BCUT2D eigenvalue weighted by Crippen LogP contribution is 2.22. The number of hydrogen-bond donors (Lipinski definition) is 1. The van der Waals surface area contributed by atoms with Crippen LogP contribution in [0.25, 0.3) is 0 Å². The molecule has 128 valence electrons. The zero-order valence-corrected chi connectivity index (χ0v) is 14.5. The smallest absolute Gasteiger partial charge is 0.243 e. The Morgan fingerprint density at radius 1 is 1.08 bits per heavy atom. The molecule has 6 heteroatoms. The summed E-state index contributed by atoms with van der Waals surface area (Å²) < 4.78 is 26.8. The summed E-state index contributed by atoms with van der Waals surface area (Å²) in [7, 11) is -2.37. The lowest BCUT2D eigenvalue weighted by molar-refractivity contribution is 0.103. The minimum Gasteiger partial charge on any atom is -0.393 e. The molecule has 2 aromatic rings. The van der Waals surface area contributed by atoms with Gasteiger partial charge in [-0.25, -0.2) is 12.7 Å². The highest BCUT2D eigenvalue weighted by Gasteiger charge is 2.26. The Bertz CT molecular complexity index is 801. The number of sulfonamides is 1. The Balaban J connectivity index is 2.40. The second-order valence-electron chi connectivity index (χ2n) is 5.66. The van der Waals surface area contributed by atoms with Crippen LogP contribution in [0, 0.1) is 0 Å². The van der Waals surface area contributed by atoms with Crippen molar-refractivity contribution in [2.24, 2.45) is 0 Å². The van der Waals surface area contributed by atoms with Crippen LogP contribution in [-0.2, 0) is 10.0 Å². The minimum absolute atomic E-state index is 0.0213. The normalized spacial score (nSPS) is 13.0. The average molecular weight is 347 g/mol. The summed E-state index contributed by atoms with van der Waals surface area (Å²) in [6.07, 6.45) is -0.270. The van der Waals surface area contributed by atoms with Gasteiger partial charge in [-0.15, -0.1) is 0 Å². The molecule has 0 aliphatic rings. The molecule has 0 bridgehead atoms. The Labute approximate surface area is 142 Å². The Morgan fingerprint density at radius 2 is 1.67 bits per heavy atom. The Hall–Kier alpha value is -2.02. The van der Waals surface area contributed by atoms with Crippen molar-refractivity contribution in [2.45, 2.75) is 24.3 Å². The maximum absolute atomic E-state index is 12.8. The third-order valence-electron chi connectivity index (χ3n) is 3.72. The van der Waals surface area contributed by atoms with Crippen molar-refractivity contribution in [2.75, 3.05) is 13.6 Å². The van der Waals surface area contributed by atoms with E-state index >= 15 is 0 Å². The lowest BCUT2D eigenvalue weighted by Crippen LogP contribution is -2.30. The summed E-state index contributed by atoms with van der Waals surface area (Å²) in [6, 6.07) is 14.8. The summed E-state index contributed by atoms with van der Waals surface area (Å²) in [5.41, 5.74) is 0.583. The number of aliphatic hydroxyl groups is 1. The van der Waals surface area contributed by atoms with E-state index in [0.717, 1.165) is 4.31 Å². The van der Waals surface area contributed by atoms with Gasteiger partial charge in [0.1, 0.15) is 0 Å². The highest BCUT2D eigenvalue weighted by molar-refractivity contribution is 7.89. The third-order valence-corrected chi connectivity index (χ3v) is 5.63. The summed E-state index contributed by atoms with van der Waals surface area (Å²) in [5.74, 6) is -0.335. The molecule has 0 aliphatic carbocycles. The molecule has 0 amide bonds. The number of aliphatic hydroxyl groups excluding tert-OH is 1. The number of rotatable bonds is 7. The van der Waals surface area contributed by atoms with Gasteiger partial charge in [0.2, 0.25) is 10.0 Å². The van der Waals surface area contributed by atoms with E-state index in [1.807, 2.05) is 0 Å². The molecule has 24 heavy (non-hydrogen) atoms. The molecule has 0 saturated carbocycles. The van der Waals surface area contributed by atoms with Gasteiger partial charge >= 0.3 is 0 Å². The second-order valence-corrected chi connectivity index (χ2v) is 7.67. The number of benzene rings is 2. The van der Waals surface area contributed by atoms with Crippen molar-refractivity contribution in [3.63, 3.8) is 0 Å². The highest BCUT2D eigenvalue weighted by atomic mass is 32.2. The van der Waals surface area contributed by atoms with Crippen molar-refractivity contribution in [1.29, 1.82) is 0 Å². The number of carbonyl (C=O) groups excluding carboxylic acids is 1. The van der Waals surface area contributed by atoms with Crippen molar-refractivity contribution in [3.8, 4) is 0 Å². The van der Waals surface area contributed by atoms with Gasteiger partial charge in [-0.1, -0.05) is 42.5 Å². The molecule has 0 radical (unpaired) electrons. The molecular formula is C18H21NO4S. The lowest BCUT2D eigenvalue weighted by Gasteiger charge is -2.19. The van der Waals surface area contributed by atoms with E-state index in [0.29, 0.717) is 12.0 Å². The third kappa shape index (κ3) is 4.08. The zero-order valence-electron chi connectivity index (χ0n) is 13.7. The van der Waals surface area contributed by atoms with Crippen LogP contribution in [0.3, 0.4) is 0 Å². The first-order valence-corrected chi connectivity index (χ1v) is 9.11. The van der Waals surface area contributed by atoms with Gasteiger partial charge in [-0.2, -0.15) is 0 Å². The molecule has 1 unspecified atom stereocenters. The van der Waals surface area contributed by atoms with E-state index in [-0.39, 0.29) is 22.8 Å².